The first-order valence-corrected chi connectivity index (χ1v) is 9.04. The van der Waals surface area contributed by atoms with E-state index >= 15 is 0 Å². The van der Waals surface area contributed by atoms with E-state index in [1.165, 1.54) is 18.5 Å². The monoisotopic (exact) mass is 392 g/mol. The molecule has 1 saturated carbocycles. The third-order valence-corrected chi connectivity index (χ3v) is 5.89. The standard InChI is InChI=1S/C20H23F3N4O/c1-18(2)6-7-19(28,16-11-25-12-26-16)9-17(18)27(3)14-5-4-13(10-24)15(8-14)20(21,22)23/h4-5,8,11-12,17,28H,6-7,9H2,1-3H3,(H,25,26). The van der Waals surface area contributed by atoms with Crippen LogP contribution in [-0.4, -0.2) is 28.2 Å². The topological polar surface area (TPSA) is 75.9 Å². The largest absolute Gasteiger partial charge is 0.417 e. The maximum atomic E-state index is 13.4. The van der Waals surface area contributed by atoms with Crippen molar-refractivity contribution in [3.05, 3.63) is 47.5 Å². The minimum atomic E-state index is -4.61. The molecule has 2 unspecified atom stereocenters. The number of nitriles is 1. The summed E-state index contributed by atoms with van der Waals surface area (Å²) in [6.07, 6.45) is 0.0907. The van der Waals surface area contributed by atoms with Gasteiger partial charge in [-0.05, 0) is 36.5 Å². The number of nitrogens with zero attached hydrogens (tertiary/aromatic N) is 3. The fourth-order valence-electron chi connectivity index (χ4n) is 4.07. The van der Waals surface area contributed by atoms with Crippen molar-refractivity contribution in [1.82, 2.24) is 9.97 Å². The van der Waals surface area contributed by atoms with E-state index in [1.54, 1.807) is 24.2 Å². The summed E-state index contributed by atoms with van der Waals surface area (Å²) in [4.78, 5) is 8.80. The summed E-state index contributed by atoms with van der Waals surface area (Å²) < 4.78 is 40.1. The number of aromatic nitrogens is 2. The van der Waals surface area contributed by atoms with Crippen LogP contribution in [0.4, 0.5) is 18.9 Å². The van der Waals surface area contributed by atoms with Crippen LogP contribution in [0.5, 0.6) is 0 Å². The van der Waals surface area contributed by atoms with Gasteiger partial charge in [-0.2, -0.15) is 18.4 Å². The smallest absolute Gasteiger partial charge is 0.383 e. The normalized spacial score (nSPS) is 24.6. The van der Waals surface area contributed by atoms with Crippen molar-refractivity contribution in [2.45, 2.75) is 50.9 Å². The summed E-state index contributed by atoms with van der Waals surface area (Å²) in [6, 6.07) is 5.11. The zero-order chi connectivity index (χ0) is 20.7. The molecule has 5 nitrogen and oxygen atoms in total. The Bertz CT molecular complexity index is 886. The van der Waals surface area contributed by atoms with E-state index in [0.717, 1.165) is 6.07 Å². The first kappa shape index (κ1) is 20.2. The zero-order valence-electron chi connectivity index (χ0n) is 16.0. The molecule has 1 heterocycles. The van der Waals surface area contributed by atoms with Gasteiger partial charge in [0.15, 0.2) is 0 Å². The molecule has 0 radical (unpaired) electrons. The Hall–Kier alpha value is -2.53. The second-order valence-electron chi connectivity index (χ2n) is 8.14. The third-order valence-electron chi connectivity index (χ3n) is 5.89. The Morgan fingerprint density at radius 2 is 2.04 bits per heavy atom. The van der Waals surface area contributed by atoms with Crippen molar-refractivity contribution in [2.24, 2.45) is 5.41 Å². The van der Waals surface area contributed by atoms with Gasteiger partial charge in [0.2, 0.25) is 0 Å². The minimum absolute atomic E-state index is 0.225. The second kappa shape index (κ2) is 6.82. The average Bonchev–Trinajstić information content (AvgIpc) is 3.17. The van der Waals surface area contributed by atoms with Crippen molar-refractivity contribution in [1.29, 1.82) is 5.26 Å². The minimum Gasteiger partial charge on any atom is -0.383 e. The van der Waals surface area contributed by atoms with Crippen molar-refractivity contribution >= 4 is 5.69 Å². The number of anilines is 1. The molecule has 3 rings (SSSR count). The van der Waals surface area contributed by atoms with E-state index in [0.29, 0.717) is 30.6 Å². The molecule has 0 spiro atoms. The van der Waals surface area contributed by atoms with Gasteiger partial charge in [-0.1, -0.05) is 13.8 Å². The van der Waals surface area contributed by atoms with E-state index in [-0.39, 0.29) is 11.5 Å². The Balaban J connectivity index is 1.98. The SMILES string of the molecule is CN(c1ccc(C#N)c(C(F)(F)F)c1)C1CC(O)(c2c[nH]cn2)CCC1(C)C. The van der Waals surface area contributed by atoms with Crippen LogP contribution in [0.2, 0.25) is 0 Å². The van der Waals surface area contributed by atoms with Gasteiger partial charge in [-0.3, -0.25) is 0 Å². The molecule has 2 aromatic rings. The lowest BCUT2D eigenvalue weighted by Gasteiger charge is -2.50. The summed E-state index contributed by atoms with van der Waals surface area (Å²) in [5.74, 6) is 0. The molecular formula is C20H23F3N4O. The molecule has 0 aliphatic heterocycles. The van der Waals surface area contributed by atoms with Crippen LogP contribution >= 0.6 is 0 Å². The van der Waals surface area contributed by atoms with Crippen LogP contribution < -0.4 is 4.90 Å². The highest BCUT2D eigenvalue weighted by Gasteiger charge is 2.47. The van der Waals surface area contributed by atoms with E-state index in [1.807, 2.05) is 13.8 Å². The summed E-state index contributed by atoms with van der Waals surface area (Å²) in [7, 11) is 1.73. The van der Waals surface area contributed by atoms with E-state index in [2.05, 4.69) is 9.97 Å². The first-order chi connectivity index (χ1) is 13.0. The molecule has 2 atom stereocenters. The van der Waals surface area contributed by atoms with Gasteiger partial charge in [-0.15, -0.1) is 0 Å². The maximum absolute atomic E-state index is 13.4. The molecule has 1 aromatic heterocycles. The van der Waals surface area contributed by atoms with Crippen LogP contribution in [0.25, 0.3) is 0 Å². The van der Waals surface area contributed by atoms with Gasteiger partial charge in [-0.25, -0.2) is 4.98 Å². The number of aromatic amines is 1. The fraction of sp³-hybridized carbons (Fsp3) is 0.500. The number of benzene rings is 1. The van der Waals surface area contributed by atoms with Crippen LogP contribution in [0.3, 0.4) is 0 Å². The molecule has 8 heteroatoms. The molecule has 150 valence electrons. The van der Waals surface area contributed by atoms with Gasteiger partial charge >= 0.3 is 6.18 Å². The van der Waals surface area contributed by atoms with Gasteiger partial charge in [0.05, 0.1) is 29.2 Å². The number of aliphatic hydroxyl groups is 1. The first-order valence-electron chi connectivity index (χ1n) is 9.04. The molecule has 1 aliphatic rings. The Morgan fingerprint density at radius 1 is 1.32 bits per heavy atom. The van der Waals surface area contributed by atoms with E-state index in [9.17, 15) is 18.3 Å². The lowest BCUT2D eigenvalue weighted by atomic mass is 9.66. The van der Waals surface area contributed by atoms with Crippen LogP contribution in [0.1, 0.15) is 49.9 Å². The van der Waals surface area contributed by atoms with Crippen molar-refractivity contribution in [3.8, 4) is 6.07 Å². The van der Waals surface area contributed by atoms with Gasteiger partial charge < -0.3 is 15.0 Å². The Morgan fingerprint density at radius 3 is 2.61 bits per heavy atom. The molecule has 1 aromatic carbocycles. The van der Waals surface area contributed by atoms with Crippen molar-refractivity contribution in [3.63, 3.8) is 0 Å². The predicted molar refractivity (Wildman–Crippen MR) is 98.5 cm³/mol. The van der Waals surface area contributed by atoms with E-state index in [4.69, 9.17) is 5.26 Å². The molecule has 28 heavy (non-hydrogen) atoms. The second-order valence-corrected chi connectivity index (χ2v) is 8.14. The van der Waals surface area contributed by atoms with Crippen molar-refractivity contribution < 1.29 is 18.3 Å². The number of hydrogen-bond acceptors (Lipinski definition) is 4. The molecular weight excluding hydrogens is 369 g/mol. The maximum Gasteiger partial charge on any atom is 0.417 e. The van der Waals surface area contributed by atoms with Gasteiger partial charge in [0.1, 0.15) is 5.60 Å². The fourth-order valence-corrected chi connectivity index (χ4v) is 4.07. The molecule has 0 saturated heterocycles. The third kappa shape index (κ3) is 3.59. The molecule has 0 amide bonds. The molecule has 1 aliphatic carbocycles. The quantitative estimate of drug-likeness (QED) is 0.821. The molecule has 2 N–H and O–H groups in total. The Kier molecular flexibility index (Phi) is 4.92. The summed E-state index contributed by atoms with van der Waals surface area (Å²) in [5, 5.41) is 20.2. The number of imidazole rings is 1. The number of H-pyrrole nitrogens is 1. The lowest BCUT2D eigenvalue weighted by molar-refractivity contribution is -0.137. The highest BCUT2D eigenvalue weighted by atomic mass is 19.4. The van der Waals surface area contributed by atoms with Gasteiger partial charge in [0.25, 0.3) is 0 Å². The lowest BCUT2D eigenvalue weighted by Crippen LogP contribution is -2.52. The summed E-state index contributed by atoms with van der Waals surface area (Å²) >= 11 is 0. The average molecular weight is 392 g/mol. The number of rotatable bonds is 3. The van der Waals surface area contributed by atoms with Crippen molar-refractivity contribution in [2.75, 3.05) is 11.9 Å². The molecule has 0 bridgehead atoms. The number of halogens is 3. The number of nitrogens with one attached hydrogen (secondary N) is 1. The predicted octanol–water partition coefficient (Wildman–Crippen LogP) is 4.20. The van der Waals surface area contributed by atoms with Crippen LogP contribution in [-0.2, 0) is 11.8 Å². The Labute approximate surface area is 161 Å². The van der Waals surface area contributed by atoms with Crippen LogP contribution in [0.15, 0.2) is 30.7 Å². The highest BCUT2D eigenvalue weighted by molar-refractivity contribution is 5.55. The number of hydrogen-bond donors (Lipinski definition) is 2. The highest BCUT2D eigenvalue weighted by Crippen LogP contribution is 2.47. The number of alkyl halides is 3. The summed E-state index contributed by atoms with van der Waals surface area (Å²) in [5.41, 5.74) is -1.83. The van der Waals surface area contributed by atoms with Crippen LogP contribution in [0, 0.1) is 16.7 Å². The molecule has 1 fully saturated rings. The summed E-state index contributed by atoms with van der Waals surface area (Å²) in [6.45, 7) is 4.10. The zero-order valence-corrected chi connectivity index (χ0v) is 16.0. The van der Waals surface area contributed by atoms with E-state index < -0.39 is 22.9 Å². The van der Waals surface area contributed by atoms with Gasteiger partial charge in [0, 0.05) is 31.4 Å².